The molecule has 12 heteroatoms. The highest BCUT2D eigenvalue weighted by atomic mass is 16.6. The summed E-state index contributed by atoms with van der Waals surface area (Å²) in [5.41, 5.74) is 0.812. The second-order valence-corrected chi connectivity index (χ2v) is 9.88. The van der Waals surface area contributed by atoms with Crippen molar-refractivity contribution in [2.45, 2.75) is 45.9 Å². The van der Waals surface area contributed by atoms with Crippen LogP contribution in [0.25, 0.3) is 0 Å². The zero-order chi connectivity index (χ0) is 29.2. The molecule has 0 bridgehead atoms. The number of pyridine rings is 1. The van der Waals surface area contributed by atoms with Gasteiger partial charge in [-0.15, -0.1) is 0 Å². The van der Waals surface area contributed by atoms with Crippen LogP contribution >= 0.6 is 0 Å². The molecular formula is C29H34N6O6. The number of carbonyl (C=O) groups excluding carboxylic acids is 3. The Hall–Kier alpha value is -4.74. The predicted octanol–water partition coefficient (Wildman–Crippen LogP) is 2.66. The van der Waals surface area contributed by atoms with Gasteiger partial charge in [-0.1, -0.05) is 36.4 Å². The number of ether oxygens (including phenoxy) is 2. The number of benzene rings is 1. The zero-order valence-corrected chi connectivity index (χ0v) is 23.1. The molecule has 0 saturated carbocycles. The van der Waals surface area contributed by atoms with Crippen molar-refractivity contribution >= 4 is 29.7 Å². The Kier molecular flexibility index (Phi) is 10.0. The van der Waals surface area contributed by atoms with E-state index in [9.17, 15) is 19.2 Å². The van der Waals surface area contributed by atoms with Crippen LogP contribution in [0, 0.1) is 12.8 Å². The molecule has 1 fully saturated rings. The summed E-state index contributed by atoms with van der Waals surface area (Å²) in [7, 11) is 0. The lowest BCUT2D eigenvalue weighted by atomic mass is 9.96. The number of amides is 1. The van der Waals surface area contributed by atoms with Gasteiger partial charge in [0.25, 0.3) is 0 Å². The van der Waals surface area contributed by atoms with E-state index in [1.807, 2.05) is 24.3 Å². The average Bonchev–Trinajstić information content (AvgIpc) is 2.97. The van der Waals surface area contributed by atoms with Gasteiger partial charge in [-0.05, 0) is 43.4 Å². The van der Waals surface area contributed by atoms with Crippen molar-refractivity contribution < 1.29 is 23.9 Å². The molecule has 0 spiro atoms. The Morgan fingerprint density at radius 1 is 1.07 bits per heavy atom. The molecule has 0 unspecified atom stereocenters. The number of piperidine rings is 1. The first kappa shape index (κ1) is 29.2. The van der Waals surface area contributed by atoms with Crippen LogP contribution in [0.3, 0.4) is 0 Å². The zero-order valence-electron chi connectivity index (χ0n) is 23.1. The number of anilines is 2. The maximum absolute atomic E-state index is 12.9. The SMILES string of the molecule is CC(=O)OC(=O)[C@H](Cn1cc(C)c(NCC2CCN(c3ccccn3)CC2)nc1=O)NC(=O)OCc1ccccc1. The first-order chi connectivity index (χ1) is 19.8. The van der Waals surface area contributed by atoms with Crippen molar-refractivity contribution in [2.75, 3.05) is 29.9 Å². The third kappa shape index (κ3) is 8.62. The highest BCUT2D eigenvalue weighted by Gasteiger charge is 2.26. The molecule has 216 valence electrons. The van der Waals surface area contributed by atoms with E-state index in [0.717, 1.165) is 44.2 Å². The van der Waals surface area contributed by atoms with Crippen LogP contribution in [0.2, 0.25) is 0 Å². The van der Waals surface area contributed by atoms with Crippen molar-refractivity contribution in [3.8, 4) is 0 Å². The van der Waals surface area contributed by atoms with Crippen LogP contribution in [0.4, 0.5) is 16.4 Å². The molecule has 1 atom stereocenters. The van der Waals surface area contributed by atoms with Crippen LogP contribution in [-0.4, -0.2) is 58.2 Å². The summed E-state index contributed by atoms with van der Waals surface area (Å²) in [6.07, 6.45) is 4.40. The quantitative estimate of drug-likeness (QED) is 0.279. The van der Waals surface area contributed by atoms with Gasteiger partial charge in [-0.3, -0.25) is 9.36 Å². The minimum absolute atomic E-state index is 0.0235. The van der Waals surface area contributed by atoms with Gasteiger partial charge >= 0.3 is 23.7 Å². The Balaban J connectivity index is 1.35. The summed E-state index contributed by atoms with van der Waals surface area (Å²) in [6.45, 7) is 5.00. The van der Waals surface area contributed by atoms with Crippen molar-refractivity contribution in [2.24, 2.45) is 5.92 Å². The Morgan fingerprint density at radius 3 is 2.49 bits per heavy atom. The number of hydrogen-bond acceptors (Lipinski definition) is 10. The van der Waals surface area contributed by atoms with E-state index in [1.165, 1.54) is 4.57 Å². The number of esters is 2. The first-order valence-electron chi connectivity index (χ1n) is 13.5. The smallest absolute Gasteiger partial charge is 0.408 e. The van der Waals surface area contributed by atoms with Gasteiger partial charge in [0.05, 0.1) is 6.54 Å². The van der Waals surface area contributed by atoms with Gasteiger partial charge in [0, 0.05) is 44.5 Å². The summed E-state index contributed by atoms with van der Waals surface area (Å²) in [5, 5.41) is 5.67. The molecule has 1 aromatic carbocycles. The van der Waals surface area contributed by atoms with E-state index in [0.29, 0.717) is 23.8 Å². The predicted molar refractivity (Wildman–Crippen MR) is 151 cm³/mol. The molecule has 1 saturated heterocycles. The lowest BCUT2D eigenvalue weighted by Crippen LogP contribution is -2.47. The number of nitrogens with zero attached hydrogens (tertiary/aromatic N) is 4. The highest BCUT2D eigenvalue weighted by molar-refractivity contribution is 5.89. The van der Waals surface area contributed by atoms with Gasteiger partial charge in [0.15, 0.2) is 0 Å². The van der Waals surface area contributed by atoms with E-state index >= 15 is 0 Å². The molecule has 12 nitrogen and oxygen atoms in total. The topological polar surface area (TPSA) is 145 Å². The third-order valence-electron chi connectivity index (χ3n) is 6.74. The molecule has 3 heterocycles. The molecule has 0 aliphatic carbocycles. The maximum Gasteiger partial charge on any atom is 0.408 e. The Labute approximate surface area is 237 Å². The average molecular weight is 563 g/mol. The molecule has 2 aromatic heterocycles. The van der Waals surface area contributed by atoms with E-state index in [2.05, 4.69) is 30.2 Å². The summed E-state index contributed by atoms with van der Waals surface area (Å²) >= 11 is 0. The third-order valence-corrected chi connectivity index (χ3v) is 6.74. The van der Waals surface area contributed by atoms with Crippen LogP contribution in [0.5, 0.6) is 0 Å². The monoisotopic (exact) mass is 562 g/mol. The summed E-state index contributed by atoms with van der Waals surface area (Å²) in [5.74, 6) is -0.0131. The molecule has 1 aliphatic rings. The summed E-state index contributed by atoms with van der Waals surface area (Å²) in [4.78, 5) is 60.0. The number of nitrogens with one attached hydrogen (secondary N) is 2. The lowest BCUT2D eigenvalue weighted by molar-refractivity contribution is -0.159. The second-order valence-electron chi connectivity index (χ2n) is 9.88. The van der Waals surface area contributed by atoms with Gasteiger partial charge in [-0.25, -0.2) is 19.4 Å². The lowest BCUT2D eigenvalue weighted by Gasteiger charge is -2.33. The van der Waals surface area contributed by atoms with Crippen LogP contribution in [0.1, 0.15) is 30.9 Å². The minimum atomic E-state index is -1.36. The molecule has 1 aliphatic heterocycles. The number of alkyl carbamates (subject to hydrolysis) is 1. The standard InChI is InChI=1S/C29H34N6O6/c1-20-17-35(18-24(27(37)41-21(2)36)32-29(39)40-19-23-8-4-3-5-9-23)28(38)33-26(20)31-16-22-11-14-34(15-12-22)25-10-6-7-13-30-25/h3-10,13,17,22,24H,11-12,14-16,18-19H2,1-2H3,(H,32,39)(H,31,33,38)/t24-/m0/s1. The van der Waals surface area contributed by atoms with Crippen molar-refractivity contribution in [1.82, 2.24) is 19.9 Å². The van der Waals surface area contributed by atoms with Crippen molar-refractivity contribution in [3.05, 3.63) is 82.5 Å². The molecular weight excluding hydrogens is 528 g/mol. The summed E-state index contributed by atoms with van der Waals surface area (Å²) < 4.78 is 11.1. The number of aromatic nitrogens is 3. The molecule has 1 amide bonds. The van der Waals surface area contributed by atoms with E-state index < -0.39 is 29.8 Å². The number of aryl methyl sites for hydroxylation is 1. The molecule has 2 N–H and O–H groups in total. The number of carbonyl (C=O) groups is 3. The maximum atomic E-state index is 12.9. The van der Waals surface area contributed by atoms with Gasteiger partial charge in [0.1, 0.15) is 24.3 Å². The fourth-order valence-electron chi connectivity index (χ4n) is 4.55. The highest BCUT2D eigenvalue weighted by Crippen LogP contribution is 2.22. The molecule has 3 aromatic rings. The van der Waals surface area contributed by atoms with Gasteiger partial charge in [-0.2, -0.15) is 4.98 Å². The fourth-order valence-corrected chi connectivity index (χ4v) is 4.55. The Bertz CT molecular complexity index is 1390. The molecule has 4 rings (SSSR count). The fraction of sp³-hybridized carbons (Fsp3) is 0.379. The minimum Gasteiger partial charge on any atom is -0.445 e. The van der Waals surface area contributed by atoms with E-state index in [4.69, 9.17) is 4.74 Å². The first-order valence-corrected chi connectivity index (χ1v) is 13.5. The van der Waals surface area contributed by atoms with Crippen LogP contribution in [0.15, 0.2) is 65.7 Å². The van der Waals surface area contributed by atoms with E-state index in [1.54, 1.807) is 43.6 Å². The van der Waals surface area contributed by atoms with Crippen molar-refractivity contribution in [3.63, 3.8) is 0 Å². The number of hydrogen-bond donors (Lipinski definition) is 2. The largest absolute Gasteiger partial charge is 0.445 e. The molecule has 0 radical (unpaired) electrons. The molecule has 41 heavy (non-hydrogen) atoms. The second kappa shape index (κ2) is 14.1. The van der Waals surface area contributed by atoms with Crippen molar-refractivity contribution in [1.29, 1.82) is 0 Å². The summed E-state index contributed by atoms with van der Waals surface area (Å²) in [6, 6.07) is 13.5. The van der Waals surface area contributed by atoms with Crippen LogP contribution < -0.4 is 21.2 Å². The Morgan fingerprint density at radius 2 is 1.80 bits per heavy atom. The van der Waals surface area contributed by atoms with Gasteiger partial charge in [0.2, 0.25) is 0 Å². The normalized spacial score (nSPS) is 14.1. The van der Waals surface area contributed by atoms with Gasteiger partial charge < -0.3 is 25.0 Å². The van der Waals surface area contributed by atoms with E-state index in [-0.39, 0.29) is 13.2 Å². The number of rotatable bonds is 10. The van der Waals surface area contributed by atoms with Crippen LogP contribution in [-0.2, 0) is 32.2 Å².